The Kier molecular flexibility index (Phi) is 6.45. The molecule has 0 atom stereocenters. The molecule has 0 N–H and O–H groups in total. The summed E-state index contributed by atoms with van der Waals surface area (Å²) in [6.07, 6.45) is 7.90. The van der Waals surface area contributed by atoms with Crippen molar-refractivity contribution < 1.29 is 4.39 Å². The maximum atomic E-state index is 12.8. The molecule has 0 nitrogen and oxygen atoms in total. The van der Waals surface area contributed by atoms with Gasteiger partial charge in [0.15, 0.2) is 0 Å². The Morgan fingerprint density at radius 3 is 2.00 bits per heavy atom. The Balaban J connectivity index is 1.86. The van der Waals surface area contributed by atoms with Gasteiger partial charge in [0, 0.05) is 11.1 Å². The lowest BCUT2D eigenvalue weighted by atomic mass is 10.0. The van der Waals surface area contributed by atoms with E-state index in [0.29, 0.717) is 0 Å². The van der Waals surface area contributed by atoms with Gasteiger partial charge in [0.1, 0.15) is 5.82 Å². The third-order valence-electron chi connectivity index (χ3n) is 3.52. The van der Waals surface area contributed by atoms with Crippen molar-refractivity contribution in [3.63, 3.8) is 0 Å². The van der Waals surface area contributed by atoms with E-state index in [0.717, 1.165) is 24.0 Å². The van der Waals surface area contributed by atoms with Crippen LogP contribution in [0.25, 0.3) is 0 Å². The van der Waals surface area contributed by atoms with Gasteiger partial charge in [0.25, 0.3) is 0 Å². The van der Waals surface area contributed by atoms with Crippen LogP contribution >= 0.6 is 0 Å². The van der Waals surface area contributed by atoms with E-state index in [-0.39, 0.29) is 5.82 Å². The Hall–Kier alpha value is -2.33. The molecule has 2 rings (SSSR count). The van der Waals surface area contributed by atoms with Crippen molar-refractivity contribution in [2.75, 3.05) is 0 Å². The smallest absolute Gasteiger partial charge is 0.123 e. The zero-order valence-electron chi connectivity index (χ0n) is 12.8. The van der Waals surface area contributed by atoms with Gasteiger partial charge in [-0.25, -0.2) is 4.39 Å². The van der Waals surface area contributed by atoms with Gasteiger partial charge < -0.3 is 0 Å². The molecule has 0 aromatic heterocycles. The number of allylic oxidation sites excluding steroid dienone is 1. The fourth-order valence-corrected chi connectivity index (χ4v) is 2.23. The highest BCUT2D eigenvalue weighted by atomic mass is 19.1. The molecule has 0 aliphatic heterocycles. The summed E-state index contributed by atoms with van der Waals surface area (Å²) in [6, 6.07) is 14.6. The summed E-state index contributed by atoms with van der Waals surface area (Å²) in [4.78, 5) is 0. The standard InChI is InChI=1S/C21H21F/c1-2-3-4-5-6-7-18-8-10-19(11-9-18)12-13-20-14-16-21(22)17-15-20/h2,8-11,14-17H,1,3-7H2. The first-order valence-electron chi connectivity index (χ1n) is 7.75. The number of rotatable bonds is 6. The first kappa shape index (κ1) is 16.0. The Labute approximate surface area is 132 Å². The van der Waals surface area contributed by atoms with Crippen molar-refractivity contribution >= 4 is 0 Å². The Morgan fingerprint density at radius 2 is 1.41 bits per heavy atom. The average molecular weight is 292 g/mol. The minimum atomic E-state index is -0.233. The Bertz CT molecular complexity index is 639. The zero-order chi connectivity index (χ0) is 15.6. The van der Waals surface area contributed by atoms with Gasteiger partial charge in [0.05, 0.1) is 0 Å². The van der Waals surface area contributed by atoms with E-state index in [9.17, 15) is 4.39 Å². The number of hydrogen-bond donors (Lipinski definition) is 0. The van der Waals surface area contributed by atoms with Crippen LogP contribution in [0.4, 0.5) is 4.39 Å². The van der Waals surface area contributed by atoms with Crippen molar-refractivity contribution in [2.45, 2.75) is 32.1 Å². The van der Waals surface area contributed by atoms with E-state index in [2.05, 4.69) is 42.7 Å². The highest BCUT2D eigenvalue weighted by Crippen LogP contribution is 2.10. The summed E-state index contributed by atoms with van der Waals surface area (Å²) >= 11 is 0. The van der Waals surface area contributed by atoms with Crippen LogP contribution in [0.2, 0.25) is 0 Å². The van der Waals surface area contributed by atoms with E-state index < -0.39 is 0 Å². The summed E-state index contributed by atoms with van der Waals surface area (Å²) in [7, 11) is 0. The molecule has 0 unspecified atom stereocenters. The van der Waals surface area contributed by atoms with Crippen molar-refractivity contribution in [2.24, 2.45) is 0 Å². The van der Waals surface area contributed by atoms with Gasteiger partial charge >= 0.3 is 0 Å². The maximum Gasteiger partial charge on any atom is 0.123 e. The molecule has 1 heteroatoms. The summed E-state index contributed by atoms with van der Waals surface area (Å²) in [6.45, 7) is 3.74. The number of aryl methyl sites for hydroxylation is 1. The molecule has 0 amide bonds. The van der Waals surface area contributed by atoms with Crippen LogP contribution in [-0.4, -0.2) is 0 Å². The number of halogens is 1. The van der Waals surface area contributed by atoms with Crippen molar-refractivity contribution in [1.29, 1.82) is 0 Å². The van der Waals surface area contributed by atoms with Crippen LogP contribution in [0.1, 0.15) is 42.4 Å². The summed E-state index contributed by atoms with van der Waals surface area (Å²) < 4.78 is 12.8. The van der Waals surface area contributed by atoms with Gasteiger partial charge in [-0.05, 0) is 67.6 Å². The van der Waals surface area contributed by atoms with E-state index in [1.807, 2.05) is 6.08 Å². The molecular formula is C21H21F. The van der Waals surface area contributed by atoms with E-state index in [4.69, 9.17) is 0 Å². The third kappa shape index (κ3) is 5.58. The molecule has 22 heavy (non-hydrogen) atoms. The van der Waals surface area contributed by atoms with Crippen LogP contribution in [0, 0.1) is 17.7 Å². The molecular weight excluding hydrogens is 271 g/mol. The van der Waals surface area contributed by atoms with Crippen molar-refractivity contribution in [3.05, 3.63) is 83.7 Å². The van der Waals surface area contributed by atoms with Gasteiger partial charge in [-0.3, -0.25) is 0 Å². The summed E-state index contributed by atoms with van der Waals surface area (Å²) in [5, 5.41) is 0. The van der Waals surface area contributed by atoms with Crippen molar-refractivity contribution in [3.8, 4) is 11.8 Å². The SMILES string of the molecule is C=CCCCCCc1ccc(C#Cc2ccc(F)cc2)cc1. The fourth-order valence-electron chi connectivity index (χ4n) is 2.23. The average Bonchev–Trinajstić information content (AvgIpc) is 2.55. The first-order valence-corrected chi connectivity index (χ1v) is 7.75. The van der Waals surface area contributed by atoms with Gasteiger partial charge in [0.2, 0.25) is 0 Å². The molecule has 0 aliphatic carbocycles. The topological polar surface area (TPSA) is 0 Å². The first-order chi connectivity index (χ1) is 10.8. The minimum Gasteiger partial charge on any atom is -0.207 e. The minimum absolute atomic E-state index is 0.233. The quantitative estimate of drug-likeness (QED) is 0.374. The van der Waals surface area contributed by atoms with Crippen LogP contribution in [-0.2, 0) is 6.42 Å². The normalized spacial score (nSPS) is 9.86. The largest absolute Gasteiger partial charge is 0.207 e. The highest BCUT2D eigenvalue weighted by Gasteiger charge is 1.94. The molecule has 0 saturated carbocycles. The third-order valence-corrected chi connectivity index (χ3v) is 3.52. The molecule has 0 heterocycles. The number of unbranched alkanes of at least 4 members (excludes halogenated alkanes) is 3. The fraction of sp³-hybridized carbons (Fsp3) is 0.238. The van der Waals surface area contributed by atoms with Crippen LogP contribution in [0.5, 0.6) is 0 Å². The summed E-state index contributed by atoms with van der Waals surface area (Å²) in [5.41, 5.74) is 3.17. The highest BCUT2D eigenvalue weighted by molar-refractivity contribution is 5.43. The predicted octanol–water partition coefficient (Wildman–Crippen LogP) is 5.51. The van der Waals surface area contributed by atoms with Crippen LogP contribution < -0.4 is 0 Å². The molecule has 0 aliphatic rings. The lowest BCUT2D eigenvalue weighted by molar-refractivity contribution is 0.627. The van der Waals surface area contributed by atoms with E-state index in [1.54, 1.807) is 12.1 Å². The Morgan fingerprint density at radius 1 is 0.818 bits per heavy atom. The number of hydrogen-bond acceptors (Lipinski definition) is 0. The molecule has 112 valence electrons. The molecule has 0 fully saturated rings. The molecule has 0 radical (unpaired) electrons. The maximum absolute atomic E-state index is 12.8. The second-order valence-electron chi connectivity index (χ2n) is 5.34. The van der Waals surface area contributed by atoms with E-state index in [1.165, 1.54) is 37.0 Å². The van der Waals surface area contributed by atoms with E-state index >= 15 is 0 Å². The molecule has 0 spiro atoms. The molecule has 0 saturated heterocycles. The lowest BCUT2D eigenvalue weighted by Gasteiger charge is -2.01. The van der Waals surface area contributed by atoms with Gasteiger partial charge in [-0.15, -0.1) is 6.58 Å². The zero-order valence-corrected chi connectivity index (χ0v) is 12.8. The predicted molar refractivity (Wildman–Crippen MR) is 91.2 cm³/mol. The van der Waals surface area contributed by atoms with Crippen LogP contribution in [0.3, 0.4) is 0 Å². The molecule has 0 bridgehead atoms. The van der Waals surface area contributed by atoms with Gasteiger partial charge in [-0.2, -0.15) is 0 Å². The van der Waals surface area contributed by atoms with Crippen LogP contribution in [0.15, 0.2) is 61.2 Å². The molecule has 2 aromatic carbocycles. The number of benzene rings is 2. The monoisotopic (exact) mass is 292 g/mol. The second-order valence-corrected chi connectivity index (χ2v) is 5.34. The summed E-state index contributed by atoms with van der Waals surface area (Å²) in [5.74, 6) is 5.92. The lowest BCUT2D eigenvalue weighted by Crippen LogP contribution is -1.86. The second kappa shape index (κ2) is 8.85. The van der Waals surface area contributed by atoms with Gasteiger partial charge in [-0.1, -0.05) is 36.5 Å². The molecule has 2 aromatic rings. The van der Waals surface area contributed by atoms with Crippen molar-refractivity contribution in [1.82, 2.24) is 0 Å².